The second kappa shape index (κ2) is 5.37. The van der Waals surface area contributed by atoms with Gasteiger partial charge in [-0.1, -0.05) is 17.3 Å². The minimum Gasteiger partial charge on any atom is -0.478 e. The highest BCUT2D eigenvalue weighted by Gasteiger charge is 2.09. The fraction of sp³-hybridized carbons (Fsp3) is 0.273. The van der Waals surface area contributed by atoms with Gasteiger partial charge in [0, 0.05) is 6.54 Å². The number of aromatic nitrogens is 4. The molecule has 2 aromatic rings. The molecular formula is C11H13N5O2. The molecule has 7 heteroatoms. The number of hydrogen-bond donors (Lipinski definition) is 3. The normalized spacial score (nSPS) is 12.3. The lowest BCUT2D eigenvalue weighted by Gasteiger charge is -2.09. The van der Waals surface area contributed by atoms with Crippen LogP contribution in [0.25, 0.3) is 0 Å². The van der Waals surface area contributed by atoms with E-state index in [0.717, 1.165) is 5.56 Å². The fourth-order valence-corrected chi connectivity index (χ4v) is 1.48. The maximum Gasteiger partial charge on any atom is 0.335 e. The summed E-state index contributed by atoms with van der Waals surface area (Å²) in [4.78, 5) is 10.7. The van der Waals surface area contributed by atoms with Crippen LogP contribution in [0.3, 0.4) is 0 Å². The van der Waals surface area contributed by atoms with Crippen LogP contribution in [0.15, 0.2) is 24.3 Å². The van der Waals surface area contributed by atoms with Crippen molar-refractivity contribution >= 4 is 5.97 Å². The first kappa shape index (κ1) is 12.2. The summed E-state index contributed by atoms with van der Waals surface area (Å²) in [6, 6.07) is 6.69. The van der Waals surface area contributed by atoms with E-state index in [1.807, 2.05) is 6.92 Å². The number of carbonyl (C=O) groups is 1. The van der Waals surface area contributed by atoms with Crippen molar-refractivity contribution in [3.63, 3.8) is 0 Å². The van der Waals surface area contributed by atoms with E-state index >= 15 is 0 Å². The Balaban J connectivity index is 1.92. The number of nitrogens with zero attached hydrogens (tertiary/aromatic N) is 3. The molecule has 0 aliphatic carbocycles. The monoisotopic (exact) mass is 247 g/mol. The van der Waals surface area contributed by atoms with Gasteiger partial charge in [0.15, 0.2) is 5.82 Å². The lowest BCUT2D eigenvalue weighted by Crippen LogP contribution is -2.19. The second-order valence-electron chi connectivity index (χ2n) is 3.87. The predicted octanol–water partition coefficient (Wildman–Crippen LogP) is 0.749. The van der Waals surface area contributed by atoms with Crippen LogP contribution in [0.4, 0.5) is 0 Å². The maximum absolute atomic E-state index is 10.7. The van der Waals surface area contributed by atoms with Crippen LogP contribution in [0, 0.1) is 0 Å². The highest BCUT2D eigenvalue weighted by Crippen LogP contribution is 2.08. The average Bonchev–Trinajstić information content (AvgIpc) is 2.90. The molecule has 2 rings (SSSR count). The Morgan fingerprint density at radius 2 is 2.17 bits per heavy atom. The van der Waals surface area contributed by atoms with E-state index in [1.165, 1.54) is 0 Å². The van der Waals surface area contributed by atoms with Crippen LogP contribution < -0.4 is 5.32 Å². The van der Waals surface area contributed by atoms with Crippen molar-refractivity contribution in [3.05, 3.63) is 41.2 Å². The number of aromatic amines is 1. The van der Waals surface area contributed by atoms with E-state index in [1.54, 1.807) is 24.3 Å². The molecule has 0 aliphatic rings. The minimum absolute atomic E-state index is 0.0251. The number of tetrazole rings is 1. The van der Waals surface area contributed by atoms with Crippen molar-refractivity contribution < 1.29 is 9.90 Å². The van der Waals surface area contributed by atoms with Crippen LogP contribution in [0.2, 0.25) is 0 Å². The number of hydrogen-bond acceptors (Lipinski definition) is 5. The van der Waals surface area contributed by atoms with Crippen LogP contribution in [-0.2, 0) is 6.54 Å². The molecule has 94 valence electrons. The maximum atomic E-state index is 10.7. The first-order valence-corrected chi connectivity index (χ1v) is 5.46. The Morgan fingerprint density at radius 3 is 2.72 bits per heavy atom. The zero-order chi connectivity index (χ0) is 13.0. The minimum atomic E-state index is -0.922. The van der Waals surface area contributed by atoms with Gasteiger partial charge in [-0.2, -0.15) is 5.21 Å². The van der Waals surface area contributed by atoms with Crippen molar-refractivity contribution in [3.8, 4) is 0 Å². The zero-order valence-corrected chi connectivity index (χ0v) is 9.79. The van der Waals surface area contributed by atoms with Gasteiger partial charge in [-0.3, -0.25) is 0 Å². The Morgan fingerprint density at radius 1 is 1.44 bits per heavy atom. The van der Waals surface area contributed by atoms with E-state index in [2.05, 4.69) is 25.9 Å². The number of aromatic carboxylic acids is 1. The van der Waals surface area contributed by atoms with E-state index in [0.29, 0.717) is 12.4 Å². The van der Waals surface area contributed by atoms with Crippen LogP contribution in [-0.4, -0.2) is 31.7 Å². The molecule has 18 heavy (non-hydrogen) atoms. The topological polar surface area (TPSA) is 104 Å². The molecule has 1 unspecified atom stereocenters. The molecule has 0 bridgehead atoms. The molecule has 0 amide bonds. The molecule has 1 atom stereocenters. The molecule has 1 aromatic carbocycles. The van der Waals surface area contributed by atoms with Crippen LogP contribution in [0.5, 0.6) is 0 Å². The second-order valence-corrected chi connectivity index (χ2v) is 3.87. The van der Waals surface area contributed by atoms with E-state index in [9.17, 15) is 4.79 Å². The molecule has 1 heterocycles. The number of carboxylic acids is 1. The van der Waals surface area contributed by atoms with Crippen molar-refractivity contribution in [2.45, 2.75) is 19.5 Å². The molecule has 0 radical (unpaired) electrons. The number of rotatable bonds is 5. The van der Waals surface area contributed by atoms with Crippen LogP contribution in [0.1, 0.15) is 34.7 Å². The largest absolute Gasteiger partial charge is 0.478 e. The Labute approximate surface area is 103 Å². The van der Waals surface area contributed by atoms with Gasteiger partial charge in [0.2, 0.25) is 0 Å². The smallest absolute Gasteiger partial charge is 0.335 e. The highest BCUT2D eigenvalue weighted by atomic mass is 16.4. The average molecular weight is 247 g/mol. The first-order chi connectivity index (χ1) is 8.66. The van der Waals surface area contributed by atoms with E-state index in [4.69, 9.17) is 5.11 Å². The third-order valence-electron chi connectivity index (χ3n) is 2.56. The third kappa shape index (κ3) is 2.89. The van der Waals surface area contributed by atoms with Gasteiger partial charge in [-0.05, 0) is 24.6 Å². The van der Waals surface area contributed by atoms with Crippen LogP contribution >= 0.6 is 0 Å². The number of carboxylic acid groups (broad SMARTS) is 1. The fourth-order valence-electron chi connectivity index (χ4n) is 1.48. The van der Waals surface area contributed by atoms with Gasteiger partial charge in [0.1, 0.15) is 0 Å². The molecule has 0 fully saturated rings. The molecule has 7 nitrogen and oxygen atoms in total. The standard InChI is InChI=1S/C11H13N5O2/c1-7(10-13-15-16-14-10)12-6-8-2-4-9(5-3-8)11(17)18/h2-5,7,12H,6H2,1H3,(H,17,18)(H,13,14,15,16). The zero-order valence-electron chi connectivity index (χ0n) is 9.79. The summed E-state index contributed by atoms with van der Waals surface area (Å²) in [6.45, 7) is 2.53. The number of H-pyrrole nitrogens is 1. The summed E-state index contributed by atoms with van der Waals surface area (Å²) < 4.78 is 0. The quantitative estimate of drug-likeness (QED) is 0.720. The number of benzene rings is 1. The van der Waals surface area contributed by atoms with Crippen molar-refractivity contribution in [2.75, 3.05) is 0 Å². The van der Waals surface area contributed by atoms with Gasteiger partial charge >= 0.3 is 5.97 Å². The summed E-state index contributed by atoms with van der Waals surface area (Å²) in [5.74, 6) is -0.327. The molecule has 0 saturated carbocycles. The van der Waals surface area contributed by atoms with E-state index in [-0.39, 0.29) is 11.6 Å². The Kier molecular flexibility index (Phi) is 3.63. The summed E-state index contributed by atoms with van der Waals surface area (Å²) >= 11 is 0. The van der Waals surface area contributed by atoms with Crippen molar-refractivity contribution in [2.24, 2.45) is 0 Å². The summed E-state index contributed by atoms with van der Waals surface area (Å²) in [6.07, 6.45) is 0. The van der Waals surface area contributed by atoms with Gasteiger partial charge < -0.3 is 10.4 Å². The van der Waals surface area contributed by atoms with Crippen molar-refractivity contribution in [1.29, 1.82) is 0 Å². The number of nitrogens with one attached hydrogen (secondary N) is 2. The summed E-state index contributed by atoms with van der Waals surface area (Å²) in [5.41, 5.74) is 1.28. The summed E-state index contributed by atoms with van der Waals surface area (Å²) in [5, 5.41) is 25.6. The Bertz CT molecular complexity index is 509. The molecule has 0 spiro atoms. The molecule has 1 aromatic heterocycles. The lowest BCUT2D eigenvalue weighted by molar-refractivity contribution is 0.0697. The Hall–Kier alpha value is -2.28. The molecular weight excluding hydrogens is 234 g/mol. The van der Waals surface area contributed by atoms with Crippen molar-refractivity contribution in [1.82, 2.24) is 25.9 Å². The predicted molar refractivity (Wildman–Crippen MR) is 62.8 cm³/mol. The first-order valence-electron chi connectivity index (χ1n) is 5.46. The lowest BCUT2D eigenvalue weighted by atomic mass is 10.1. The highest BCUT2D eigenvalue weighted by molar-refractivity contribution is 5.87. The summed E-state index contributed by atoms with van der Waals surface area (Å²) in [7, 11) is 0. The molecule has 3 N–H and O–H groups in total. The third-order valence-corrected chi connectivity index (χ3v) is 2.56. The van der Waals surface area contributed by atoms with Gasteiger partial charge in [0.05, 0.1) is 11.6 Å². The van der Waals surface area contributed by atoms with Gasteiger partial charge in [-0.25, -0.2) is 4.79 Å². The molecule has 0 aliphatic heterocycles. The van der Waals surface area contributed by atoms with Gasteiger partial charge in [0.25, 0.3) is 0 Å². The molecule has 0 saturated heterocycles. The SMILES string of the molecule is CC(NCc1ccc(C(=O)O)cc1)c1nn[nH]n1. The van der Waals surface area contributed by atoms with E-state index < -0.39 is 5.97 Å². The van der Waals surface area contributed by atoms with Gasteiger partial charge in [-0.15, -0.1) is 10.2 Å².